The second-order valence-electron chi connectivity index (χ2n) is 6.35. The standard InChI is InChI=1S/C21H27N3OS/c1-3-23(4-2)15-9-14-22-21(25)16-24-17-10-5-7-12-19(17)26-20-13-8-6-11-18(20)24/h5-8,10-13H,3-4,9,14-16H2,1-2H3,(H,22,25). The number of carbonyl (C=O) groups is 1. The predicted molar refractivity (Wildman–Crippen MR) is 109 cm³/mol. The average molecular weight is 370 g/mol. The summed E-state index contributed by atoms with van der Waals surface area (Å²) in [5.41, 5.74) is 2.21. The summed E-state index contributed by atoms with van der Waals surface area (Å²) >= 11 is 1.76. The van der Waals surface area contributed by atoms with Gasteiger partial charge in [0.15, 0.2) is 0 Å². The third-order valence-corrected chi connectivity index (χ3v) is 5.83. The SMILES string of the molecule is CCN(CC)CCCNC(=O)CN1c2ccccc2Sc2ccccc21. The van der Waals surface area contributed by atoms with Crippen LogP contribution in [0.5, 0.6) is 0 Å². The number of nitrogens with zero attached hydrogens (tertiary/aromatic N) is 2. The zero-order valence-corrected chi connectivity index (χ0v) is 16.4. The predicted octanol–water partition coefficient (Wildman–Crippen LogP) is 4.14. The van der Waals surface area contributed by atoms with Gasteiger partial charge in [-0.05, 0) is 50.3 Å². The molecule has 2 aromatic rings. The minimum atomic E-state index is 0.0704. The van der Waals surface area contributed by atoms with Gasteiger partial charge in [0.2, 0.25) is 5.91 Å². The molecule has 1 heterocycles. The Balaban J connectivity index is 1.63. The smallest absolute Gasteiger partial charge is 0.239 e. The van der Waals surface area contributed by atoms with E-state index in [-0.39, 0.29) is 5.91 Å². The third kappa shape index (κ3) is 4.40. The number of benzene rings is 2. The summed E-state index contributed by atoms with van der Waals surface area (Å²) in [7, 11) is 0. The number of para-hydroxylation sites is 2. The van der Waals surface area contributed by atoms with Gasteiger partial charge in [-0.25, -0.2) is 0 Å². The zero-order valence-electron chi connectivity index (χ0n) is 15.6. The summed E-state index contributed by atoms with van der Waals surface area (Å²) in [6.07, 6.45) is 0.983. The molecule has 0 radical (unpaired) electrons. The van der Waals surface area contributed by atoms with E-state index < -0.39 is 0 Å². The molecular weight excluding hydrogens is 342 g/mol. The Morgan fingerprint density at radius 1 is 1.00 bits per heavy atom. The second-order valence-corrected chi connectivity index (χ2v) is 7.44. The number of hydrogen-bond donors (Lipinski definition) is 1. The van der Waals surface area contributed by atoms with Gasteiger partial charge < -0.3 is 15.1 Å². The fraction of sp³-hybridized carbons (Fsp3) is 0.381. The summed E-state index contributed by atoms with van der Waals surface area (Å²) in [6.45, 7) is 8.56. The van der Waals surface area contributed by atoms with Gasteiger partial charge in [0, 0.05) is 16.3 Å². The zero-order chi connectivity index (χ0) is 18.4. The minimum absolute atomic E-state index is 0.0704. The van der Waals surface area contributed by atoms with Gasteiger partial charge >= 0.3 is 0 Å². The van der Waals surface area contributed by atoms with Crippen LogP contribution in [0.3, 0.4) is 0 Å². The molecule has 3 rings (SSSR count). The molecule has 0 spiro atoms. The summed E-state index contributed by atoms with van der Waals surface area (Å²) in [4.78, 5) is 19.4. The fourth-order valence-corrected chi connectivity index (χ4v) is 4.32. The van der Waals surface area contributed by atoms with Crippen molar-refractivity contribution in [2.24, 2.45) is 0 Å². The Kier molecular flexibility index (Phi) is 6.58. The largest absolute Gasteiger partial charge is 0.355 e. The molecule has 1 N–H and O–H groups in total. The normalized spacial score (nSPS) is 12.7. The molecular formula is C21H27N3OS. The lowest BCUT2D eigenvalue weighted by atomic mass is 10.2. The van der Waals surface area contributed by atoms with E-state index in [0.717, 1.165) is 44.0 Å². The first kappa shape index (κ1) is 18.8. The number of nitrogens with one attached hydrogen (secondary N) is 1. The molecule has 2 aromatic carbocycles. The van der Waals surface area contributed by atoms with E-state index in [9.17, 15) is 4.79 Å². The molecule has 0 saturated heterocycles. The van der Waals surface area contributed by atoms with E-state index in [0.29, 0.717) is 6.54 Å². The van der Waals surface area contributed by atoms with Crippen LogP contribution in [0, 0.1) is 0 Å². The maximum absolute atomic E-state index is 12.5. The third-order valence-electron chi connectivity index (χ3n) is 4.70. The van der Waals surface area contributed by atoms with Crippen molar-refractivity contribution in [3.63, 3.8) is 0 Å². The molecule has 0 aliphatic carbocycles. The van der Waals surface area contributed by atoms with Crippen molar-refractivity contribution in [3.05, 3.63) is 48.5 Å². The quantitative estimate of drug-likeness (QED) is 0.710. The van der Waals surface area contributed by atoms with E-state index in [1.807, 2.05) is 24.3 Å². The molecule has 0 bridgehead atoms. The average Bonchev–Trinajstić information content (AvgIpc) is 2.68. The maximum Gasteiger partial charge on any atom is 0.239 e. The fourth-order valence-electron chi connectivity index (χ4n) is 3.22. The van der Waals surface area contributed by atoms with Crippen LogP contribution in [-0.2, 0) is 4.79 Å². The van der Waals surface area contributed by atoms with Gasteiger partial charge in [-0.3, -0.25) is 4.79 Å². The highest BCUT2D eigenvalue weighted by Gasteiger charge is 2.24. The van der Waals surface area contributed by atoms with Crippen molar-refractivity contribution in [1.29, 1.82) is 0 Å². The lowest BCUT2D eigenvalue weighted by Gasteiger charge is -2.32. The van der Waals surface area contributed by atoms with Crippen molar-refractivity contribution in [2.75, 3.05) is 37.6 Å². The summed E-state index contributed by atoms with van der Waals surface area (Å²) < 4.78 is 0. The van der Waals surface area contributed by atoms with E-state index in [1.54, 1.807) is 11.8 Å². The minimum Gasteiger partial charge on any atom is -0.355 e. The topological polar surface area (TPSA) is 35.6 Å². The van der Waals surface area contributed by atoms with Crippen molar-refractivity contribution in [3.8, 4) is 0 Å². The number of amides is 1. The number of rotatable bonds is 8. The Labute approximate surface area is 160 Å². The molecule has 1 amide bonds. The number of fused-ring (bicyclic) bond motifs is 2. The van der Waals surface area contributed by atoms with Crippen LogP contribution in [0.4, 0.5) is 11.4 Å². The number of carbonyl (C=O) groups excluding carboxylic acids is 1. The molecule has 1 aliphatic rings. The van der Waals surface area contributed by atoms with Gasteiger partial charge in [0.1, 0.15) is 6.54 Å². The highest BCUT2D eigenvalue weighted by atomic mass is 32.2. The van der Waals surface area contributed by atoms with Gasteiger partial charge in [-0.15, -0.1) is 0 Å². The molecule has 0 unspecified atom stereocenters. The first-order valence-corrected chi connectivity index (χ1v) is 10.2. The van der Waals surface area contributed by atoms with Gasteiger partial charge in [0.25, 0.3) is 0 Å². The Morgan fingerprint density at radius 2 is 1.58 bits per heavy atom. The van der Waals surface area contributed by atoms with Crippen LogP contribution in [0.1, 0.15) is 20.3 Å². The van der Waals surface area contributed by atoms with Crippen LogP contribution >= 0.6 is 11.8 Å². The van der Waals surface area contributed by atoms with Crippen molar-refractivity contribution >= 4 is 29.0 Å². The first-order chi connectivity index (χ1) is 12.7. The van der Waals surface area contributed by atoms with E-state index >= 15 is 0 Å². The van der Waals surface area contributed by atoms with Crippen molar-refractivity contribution in [2.45, 2.75) is 30.1 Å². The van der Waals surface area contributed by atoms with Crippen LogP contribution in [0.25, 0.3) is 0 Å². The first-order valence-electron chi connectivity index (χ1n) is 9.35. The maximum atomic E-state index is 12.5. The number of anilines is 2. The van der Waals surface area contributed by atoms with E-state index in [2.05, 4.69) is 53.2 Å². The summed E-state index contributed by atoms with van der Waals surface area (Å²) in [5.74, 6) is 0.0704. The summed E-state index contributed by atoms with van der Waals surface area (Å²) in [6, 6.07) is 16.6. The summed E-state index contributed by atoms with van der Waals surface area (Å²) in [5, 5.41) is 3.08. The van der Waals surface area contributed by atoms with Gasteiger partial charge in [-0.1, -0.05) is 49.9 Å². The van der Waals surface area contributed by atoms with E-state index in [1.165, 1.54) is 9.79 Å². The van der Waals surface area contributed by atoms with Gasteiger partial charge in [-0.2, -0.15) is 0 Å². The molecule has 138 valence electrons. The van der Waals surface area contributed by atoms with Crippen molar-refractivity contribution in [1.82, 2.24) is 10.2 Å². The molecule has 0 aromatic heterocycles. The van der Waals surface area contributed by atoms with E-state index in [4.69, 9.17) is 0 Å². The van der Waals surface area contributed by atoms with Crippen LogP contribution < -0.4 is 10.2 Å². The lowest BCUT2D eigenvalue weighted by molar-refractivity contribution is -0.119. The van der Waals surface area contributed by atoms with Crippen LogP contribution in [-0.4, -0.2) is 43.5 Å². The van der Waals surface area contributed by atoms with Crippen LogP contribution in [0.2, 0.25) is 0 Å². The monoisotopic (exact) mass is 369 g/mol. The van der Waals surface area contributed by atoms with Gasteiger partial charge in [0.05, 0.1) is 11.4 Å². The second kappa shape index (κ2) is 9.10. The molecule has 4 nitrogen and oxygen atoms in total. The Hall–Kier alpha value is -1.98. The molecule has 5 heteroatoms. The van der Waals surface area contributed by atoms with Crippen LogP contribution in [0.15, 0.2) is 58.3 Å². The molecule has 26 heavy (non-hydrogen) atoms. The number of hydrogen-bond acceptors (Lipinski definition) is 4. The molecule has 0 fully saturated rings. The highest BCUT2D eigenvalue weighted by Crippen LogP contribution is 2.47. The lowest BCUT2D eigenvalue weighted by Crippen LogP contribution is -2.37. The highest BCUT2D eigenvalue weighted by molar-refractivity contribution is 7.99. The molecule has 0 saturated carbocycles. The molecule has 1 aliphatic heterocycles. The Morgan fingerprint density at radius 3 is 2.15 bits per heavy atom. The Bertz CT molecular complexity index is 700. The van der Waals surface area contributed by atoms with Crippen molar-refractivity contribution < 1.29 is 4.79 Å². The molecule has 0 atom stereocenters.